The summed E-state index contributed by atoms with van der Waals surface area (Å²) in [6, 6.07) is 6.74. The highest BCUT2D eigenvalue weighted by atomic mass is 19.4. The van der Waals surface area contributed by atoms with Crippen molar-refractivity contribution in [2.24, 2.45) is 0 Å². The van der Waals surface area contributed by atoms with Crippen molar-refractivity contribution in [1.29, 1.82) is 0 Å². The third kappa shape index (κ3) is 3.50. The number of ether oxygens (including phenoxy) is 3. The SMILES string of the molecule is CCC[C@@H]1O[C@H]1COC(=O)[C@](OC)(c1ccccc1)C(F)(F)F. The van der Waals surface area contributed by atoms with Crippen molar-refractivity contribution in [2.45, 2.75) is 43.8 Å². The van der Waals surface area contributed by atoms with Crippen molar-refractivity contribution in [3.05, 3.63) is 35.9 Å². The van der Waals surface area contributed by atoms with Crippen LogP contribution in [-0.4, -0.2) is 38.1 Å². The first-order valence-corrected chi connectivity index (χ1v) is 7.37. The molecular formula is C16H19F3O4. The molecule has 2 rings (SSSR count). The van der Waals surface area contributed by atoms with E-state index >= 15 is 0 Å². The zero-order valence-electron chi connectivity index (χ0n) is 12.9. The highest BCUT2D eigenvalue weighted by Crippen LogP contribution is 2.43. The van der Waals surface area contributed by atoms with Crippen LogP contribution < -0.4 is 0 Å². The van der Waals surface area contributed by atoms with E-state index in [1.54, 1.807) is 6.07 Å². The van der Waals surface area contributed by atoms with E-state index in [4.69, 9.17) is 9.47 Å². The van der Waals surface area contributed by atoms with Crippen LogP contribution in [0.4, 0.5) is 13.2 Å². The normalized spacial score (nSPS) is 23.2. The smallest absolute Gasteiger partial charge is 0.432 e. The van der Waals surface area contributed by atoms with Crippen molar-refractivity contribution in [2.75, 3.05) is 13.7 Å². The maximum absolute atomic E-state index is 13.6. The molecule has 1 aliphatic rings. The minimum atomic E-state index is -4.95. The molecule has 0 amide bonds. The molecule has 3 atom stereocenters. The van der Waals surface area contributed by atoms with Gasteiger partial charge in [-0.15, -0.1) is 0 Å². The second-order valence-corrected chi connectivity index (χ2v) is 5.35. The van der Waals surface area contributed by atoms with Gasteiger partial charge in [-0.3, -0.25) is 0 Å². The summed E-state index contributed by atoms with van der Waals surface area (Å²) in [5.74, 6) is -1.48. The van der Waals surface area contributed by atoms with Crippen molar-refractivity contribution < 1.29 is 32.2 Å². The number of alkyl halides is 3. The fourth-order valence-electron chi connectivity index (χ4n) is 2.51. The van der Waals surface area contributed by atoms with E-state index in [0.717, 1.165) is 20.0 Å². The van der Waals surface area contributed by atoms with Gasteiger partial charge < -0.3 is 14.2 Å². The predicted molar refractivity (Wildman–Crippen MR) is 75.7 cm³/mol. The summed E-state index contributed by atoms with van der Waals surface area (Å²) in [5.41, 5.74) is -3.45. The van der Waals surface area contributed by atoms with Crippen molar-refractivity contribution in [3.8, 4) is 0 Å². The fourth-order valence-corrected chi connectivity index (χ4v) is 2.51. The average molecular weight is 332 g/mol. The van der Waals surface area contributed by atoms with Crippen LogP contribution in [0.5, 0.6) is 0 Å². The van der Waals surface area contributed by atoms with Gasteiger partial charge in [0.05, 0.1) is 6.10 Å². The van der Waals surface area contributed by atoms with Crippen LogP contribution in [0, 0.1) is 0 Å². The molecular weight excluding hydrogens is 313 g/mol. The molecule has 0 N–H and O–H groups in total. The predicted octanol–water partition coefficient (Wildman–Crippen LogP) is 3.20. The lowest BCUT2D eigenvalue weighted by Gasteiger charge is -2.32. The molecule has 0 aliphatic carbocycles. The van der Waals surface area contributed by atoms with Crippen molar-refractivity contribution in [3.63, 3.8) is 0 Å². The molecule has 0 radical (unpaired) electrons. The van der Waals surface area contributed by atoms with E-state index in [2.05, 4.69) is 4.74 Å². The van der Waals surface area contributed by atoms with Gasteiger partial charge in [0.1, 0.15) is 12.7 Å². The highest BCUT2D eigenvalue weighted by Gasteiger charge is 2.64. The summed E-state index contributed by atoms with van der Waals surface area (Å²) in [6.45, 7) is 1.76. The van der Waals surface area contributed by atoms with E-state index in [1.165, 1.54) is 24.3 Å². The number of methoxy groups -OCH3 is 1. The highest BCUT2D eigenvalue weighted by molar-refractivity contribution is 5.82. The first kappa shape index (κ1) is 17.7. The molecule has 0 unspecified atom stereocenters. The molecule has 1 aliphatic heterocycles. The Labute approximate surface area is 132 Å². The van der Waals surface area contributed by atoms with Gasteiger partial charge in [0.25, 0.3) is 5.60 Å². The number of esters is 1. The molecule has 1 aromatic rings. The van der Waals surface area contributed by atoms with Gasteiger partial charge in [0.2, 0.25) is 0 Å². The zero-order valence-corrected chi connectivity index (χ0v) is 12.9. The number of epoxide rings is 1. The van der Waals surface area contributed by atoms with Crippen LogP contribution in [0.15, 0.2) is 30.3 Å². The standard InChI is InChI=1S/C16H19F3O4/c1-3-7-12-13(23-12)10-22-14(20)15(21-2,16(17,18)19)11-8-5-4-6-9-11/h4-6,8-9,12-13H,3,7,10H2,1-2H3/t12-,13-,15+/m0/s1. The van der Waals surface area contributed by atoms with E-state index < -0.39 is 17.7 Å². The molecule has 7 heteroatoms. The Morgan fingerprint density at radius 2 is 1.87 bits per heavy atom. The van der Waals surface area contributed by atoms with Crippen molar-refractivity contribution in [1.82, 2.24) is 0 Å². The van der Waals surface area contributed by atoms with E-state index in [1.807, 2.05) is 6.92 Å². The number of carbonyl (C=O) groups is 1. The summed E-state index contributed by atoms with van der Waals surface area (Å²) >= 11 is 0. The minimum Gasteiger partial charge on any atom is -0.460 e. The minimum absolute atomic E-state index is 0.0487. The number of benzene rings is 1. The van der Waals surface area contributed by atoms with Crippen LogP contribution in [0.1, 0.15) is 25.3 Å². The van der Waals surface area contributed by atoms with Crippen LogP contribution in [0.2, 0.25) is 0 Å². The Kier molecular flexibility index (Phi) is 5.31. The number of hydrogen-bond donors (Lipinski definition) is 0. The largest absolute Gasteiger partial charge is 0.460 e. The van der Waals surface area contributed by atoms with Crippen molar-refractivity contribution >= 4 is 5.97 Å². The lowest BCUT2D eigenvalue weighted by molar-refractivity contribution is -0.276. The van der Waals surface area contributed by atoms with Gasteiger partial charge in [-0.2, -0.15) is 13.2 Å². The maximum atomic E-state index is 13.6. The molecule has 23 heavy (non-hydrogen) atoms. The molecule has 4 nitrogen and oxygen atoms in total. The molecule has 0 saturated carbocycles. The summed E-state index contributed by atoms with van der Waals surface area (Å²) in [5, 5.41) is 0. The number of hydrogen-bond acceptors (Lipinski definition) is 4. The van der Waals surface area contributed by atoms with Gasteiger partial charge in [0.15, 0.2) is 0 Å². The van der Waals surface area contributed by atoms with Crippen LogP contribution in [-0.2, 0) is 24.6 Å². The van der Waals surface area contributed by atoms with E-state index in [9.17, 15) is 18.0 Å². The average Bonchev–Trinajstić information content (AvgIpc) is 3.25. The fraction of sp³-hybridized carbons (Fsp3) is 0.562. The number of carbonyl (C=O) groups excluding carboxylic acids is 1. The Morgan fingerprint density at radius 3 is 2.39 bits per heavy atom. The third-order valence-corrected chi connectivity index (χ3v) is 3.81. The first-order chi connectivity index (χ1) is 10.9. The summed E-state index contributed by atoms with van der Waals surface area (Å²) in [6.07, 6.45) is -3.66. The number of halogens is 3. The van der Waals surface area contributed by atoms with Crippen LogP contribution in [0.25, 0.3) is 0 Å². The van der Waals surface area contributed by atoms with E-state index in [-0.39, 0.29) is 24.4 Å². The third-order valence-electron chi connectivity index (χ3n) is 3.81. The van der Waals surface area contributed by atoms with Gasteiger partial charge >= 0.3 is 12.1 Å². The molecule has 1 saturated heterocycles. The zero-order chi connectivity index (χ0) is 17.1. The van der Waals surface area contributed by atoms with Gasteiger partial charge in [-0.25, -0.2) is 4.79 Å². The molecule has 0 spiro atoms. The van der Waals surface area contributed by atoms with Crippen LogP contribution in [0.3, 0.4) is 0 Å². The Morgan fingerprint density at radius 1 is 1.22 bits per heavy atom. The van der Waals surface area contributed by atoms with Gasteiger partial charge in [-0.1, -0.05) is 43.7 Å². The summed E-state index contributed by atoms with van der Waals surface area (Å²) < 4.78 is 55.5. The molecule has 1 fully saturated rings. The molecule has 128 valence electrons. The van der Waals surface area contributed by atoms with Gasteiger partial charge in [-0.05, 0) is 6.42 Å². The Bertz CT molecular complexity index is 532. The number of rotatable bonds is 7. The summed E-state index contributed by atoms with van der Waals surface area (Å²) in [7, 11) is 0.843. The van der Waals surface area contributed by atoms with Crippen LogP contribution >= 0.6 is 0 Å². The monoisotopic (exact) mass is 332 g/mol. The Balaban J connectivity index is 2.16. The molecule has 1 heterocycles. The first-order valence-electron chi connectivity index (χ1n) is 7.37. The quantitative estimate of drug-likeness (QED) is 0.568. The maximum Gasteiger partial charge on any atom is 0.432 e. The lowest BCUT2D eigenvalue weighted by atomic mass is 9.93. The summed E-state index contributed by atoms with van der Waals surface area (Å²) in [4.78, 5) is 12.2. The Hall–Kier alpha value is -1.60. The topological polar surface area (TPSA) is 48.1 Å². The second-order valence-electron chi connectivity index (χ2n) is 5.35. The molecule has 1 aromatic carbocycles. The second kappa shape index (κ2) is 6.88. The van der Waals surface area contributed by atoms with Gasteiger partial charge in [0, 0.05) is 12.7 Å². The molecule has 0 aromatic heterocycles. The lowest BCUT2D eigenvalue weighted by Crippen LogP contribution is -2.52. The molecule has 0 bridgehead atoms. The van der Waals surface area contributed by atoms with E-state index in [0.29, 0.717) is 0 Å².